The van der Waals surface area contributed by atoms with E-state index in [0.717, 1.165) is 6.20 Å². The molecule has 0 unspecified atom stereocenters. The fourth-order valence-corrected chi connectivity index (χ4v) is 2.77. The lowest BCUT2D eigenvalue weighted by atomic mass is 10.5. The Morgan fingerprint density at radius 3 is 2.42 bits per heavy atom. The van der Waals surface area contributed by atoms with Crippen molar-refractivity contribution in [2.24, 2.45) is 0 Å². The zero-order chi connectivity index (χ0) is 9.35. The molecular formula is C5H2BrCl2NO2S. The van der Waals surface area contributed by atoms with Crippen LogP contribution in [0.3, 0.4) is 0 Å². The van der Waals surface area contributed by atoms with E-state index in [2.05, 4.69) is 20.9 Å². The van der Waals surface area contributed by atoms with E-state index >= 15 is 0 Å². The van der Waals surface area contributed by atoms with Crippen molar-refractivity contribution < 1.29 is 8.42 Å². The molecule has 0 saturated carbocycles. The van der Waals surface area contributed by atoms with Gasteiger partial charge in [0.25, 0.3) is 9.05 Å². The van der Waals surface area contributed by atoms with Gasteiger partial charge in [0, 0.05) is 23.1 Å². The number of hydrogen-bond donors (Lipinski definition) is 0. The molecule has 0 aliphatic heterocycles. The topological polar surface area (TPSA) is 47.0 Å². The summed E-state index contributed by atoms with van der Waals surface area (Å²) in [7, 11) is 1.30. The monoisotopic (exact) mass is 289 g/mol. The van der Waals surface area contributed by atoms with Crippen molar-refractivity contribution >= 4 is 47.3 Å². The molecule has 3 nitrogen and oxygen atoms in total. The minimum absolute atomic E-state index is 0.128. The molecule has 0 radical (unpaired) electrons. The van der Waals surface area contributed by atoms with Gasteiger partial charge in [-0.3, -0.25) is 4.98 Å². The minimum atomic E-state index is -3.78. The van der Waals surface area contributed by atoms with Crippen molar-refractivity contribution in [1.29, 1.82) is 0 Å². The Morgan fingerprint density at radius 2 is 2.00 bits per heavy atom. The van der Waals surface area contributed by atoms with E-state index in [0.29, 0.717) is 0 Å². The molecule has 1 aromatic heterocycles. The smallest absolute Gasteiger partial charge is 0.262 e. The number of hydrogen-bond acceptors (Lipinski definition) is 3. The zero-order valence-electron chi connectivity index (χ0n) is 5.46. The van der Waals surface area contributed by atoms with E-state index < -0.39 is 9.05 Å². The van der Waals surface area contributed by atoms with Crippen LogP contribution in [0, 0.1) is 0 Å². The normalized spacial score (nSPS) is 11.6. The van der Waals surface area contributed by atoms with Gasteiger partial charge in [0.1, 0.15) is 4.90 Å². The molecule has 0 N–H and O–H groups in total. The average Bonchev–Trinajstić information content (AvgIpc) is 1.92. The maximum atomic E-state index is 10.8. The third-order valence-corrected chi connectivity index (χ3v) is 4.03. The molecule has 0 bridgehead atoms. The molecule has 1 aromatic rings. The number of nitrogens with zero attached hydrogens (tertiary/aromatic N) is 1. The summed E-state index contributed by atoms with van der Waals surface area (Å²) in [6.07, 6.45) is 2.44. The van der Waals surface area contributed by atoms with Gasteiger partial charge in [-0.05, 0) is 15.9 Å². The molecule has 0 aliphatic rings. The van der Waals surface area contributed by atoms with Gasteiger partial charge >= 0.3 is 0 Å². The molecule has 0 spiro atoms. The second-order valence-corrected chi connectivity index (χ2v) is 5.61. The summed E-state index contributed by atoms with van der Waals surface area (Å²) in [5.41, 5.74) is 0. The highest BCUT2D eigenvalue weighted by Gasteiger charge is 2.16. The Morgan fingerprint density at radius 1 is 1.42 bits per heavy atom. The predicted octanol–water partition coefficient (Wildman–Crippen LogP) is 2.43. The Hall–Kier alpha value is 0.160. The highest BCUT2D eigenvalue weighted by atomic mass is 79.9. The van der Waals surface area contributed by atoms with Gasteiger partial charge in [-0.15, -0.1) is 0 Å². The van der Waals surface area contributed by atoms with Crippen LogP contribution in [0.1, 0.15) is 0 Å². The van der Waals surface area contributed by atoms with Crippen molar-refractivity contribution in [2.45, 2.75) is 4.90 Å². The average molecular weight is 291 g/mol. The van der Waals surface area contributed by atoms with Gasteiger partial charge in [-0.1, -0.05) is 11.6 Å². The van der Waals surface area contributed by atoms with Crippen LogP contribution in [0.2, 0.25) is 5.02 Å². The van der Waals surface area contributed by atoms with Crippen LogP contribution in [0.4, 0.5) is 0 Å². The largest absolute Gasteiger partial charge is 0.264 e. The Balaban J connectivity index is 3.47. The fraction of sp³-hybridized carbons (Fsp3) is 0. The number of halogens is 3. The number of pyridine rings is 1. The van der Waals surface area contributed by atoms with E-state index in [1.165, 1.54) is 6.20 Å². The number of aromatic nitrogens is 1. The molecular weight excluding hydrogens is 289 g/mol. The van der Waals surface area contributed by atoms with Crippen molar-refractivity contribution in [3.05, 3.63) is 21.9 Å². The summed E-state index contributed by atoms with van der Waals surface area (Å²) in [5, 5.41) is 0.205. The van der Waals surface area contributed by atoms with Crippen LogP contribution in [-0.2, 0) is 9.05 Å². The molecule has 66 valence electrons. The van der Waals surface area contributed by atoms with E-state index in [9.17, 15) is 8.42 Å². The van der Waals surface area contributed by atoms with Gasteiger partial charge in [0.15, 0.2) is 0 Å². The van der Waals surface area contributed by atoms with E-state index in [1.54, 1.807) is 0 Å². The molecule has 0 amide bonds. The van der Waals surface area contributed by atoms with Crippen molar-refractivity contribution in [2.75, 3.05) is 0 Å². The summed E-state index contributed by atoms with van der Waals surface area (Å²) in [6, 6.07) is 0. The van der Waals surface area contributed by atoms with Crippen LogP contribution in [0.25, 0.3) is 0 Å². The molecule has 0 aliphatic carbocycles. The molecule has 0 aromatic carbocycles. The summed E-state index contributed by atoms with van der Waals surface area (Å²) in [6.45, 7) is 0. The first-order chi connectivity index (χ1) is 5.43. The number of rotatable bonds is 1. The lowest BCUT2D eigenvalue weighted by molar-refractivity contribution is 0.608. The van der Waals surface area contributed by atoms with Gasteiger partial charge in [0.05, 0.1) is 9.50 Å². The summed E-state index contributed by atoms with van der Waals surface area (Å²) in [5.74, 6) is 0. The van der Waals surface area contributed by atoms with Crippen molar-refractivity contribution in [3.63, 3.8) is 0 Å². The molecule has 7 heteroatoms. The summed E-state index contributed by atoms with van der Waals surface area (Å²) < 4.78 is 21.9. The highest BCUT2D eigenvalue weighted by Crippen LogP contribution is 2.29. The third-order valence-electron chi connectivity index (χ3n) is 1.07. The van der Waals surface area contributed by atoms with Crippen LogP contribution >= 0.6 is 38.2 Å². The van der Waals surface area contributed by atoms with E-state index in [4.69, 9.17) is 22.3 Å². The maximum absolute atomic E-state index is 10.8. The Labute approximate surface area is 87.3 Å². The SMILES string of the molecule is O=S(=O)(Cl)c1cncc(Cl)c1Br. The maximum Gasteiger partial charge on any atom is 0.264 e. The Bertz CT molecular complexity index is 406. The standard InChI is InChI=1S/C5H2BrCl2NO2S/c6-5-3(7)1-9-2-4(5)12(8,10)11/h1-2H. The van der Waals surface area contributed by atoms with E-state index in [1.807, 2.05) is 0 Å². The highest BCUT2D eigenvalue weighted by molar-refractivity contribution is 9.10. The minimum Gasteiger partial charge on any atom is -0.262 e. The molecule has 0 atom stereocenters. The Kier molecular flexibility index (Phi) is 2.98. The van der Waals surface area contributed by atoms with Crippen LogP contribution in [0.15, 0.2) is 21.8 Å². The lowest BCUT2D eigenvalue weighted by Crippen LogP contribution is -1.93. The van der Waals surface area contributed by atoms with E-state index in [-0.39, 0.29) is 14.4 Å². The van der Waals surface area contributed by atoms with Crippen LogP contribution in [-0.4, -0.2) is 13.4 Å². The first-order valence-electron chi connectivity index (χ1n) is 2.66. The first-order valence-corrected chi connectivity index (χ1v) is 6.14. The predicted molar refractivity (Wildman–Crippen MR) is 50.0 cm³/mol. The van der Waals surface area contributed by atoms with Gasteiger partial charge in [-0.25, -0.2) is 8.42 Å². The molecule has 1 rings (SSSR count). The molecule has 1 heterocycles. The van der Waals surface area contributed by atoms with Gasteiger partial charge in [-0.2, -0.15) is 0 Å². The van der Waals surface area contributed by atoms with Crippen molar-refractivity contribution in [1.82, 2.24) is 4.98 Å². The fourth-order valence-electron chi connectivity index (χ4n) is 0.571. The zero-order valence-corrected chi connectivity index (χ0v) is 9.37. The quantitative estimate of drug-likeness (QED) is 0.746. The summed E-state index contributed by atoms with van der Waals surface area (Å²) >= 11 is 8.57. The van der Waals surface area contributed by atoms with Crippen LogP contribution in [0.5, 0.6) is 0 Å². The van der Waals surface area contributed by atoms with Crippen LogP contribution < -0.4 is 0 Å². The second kappa shape index (κ2) is 3.49. The molecule has 0 fully saturated rings. The summed E-state index contributed by atoms with van der Waals surface area (Å²) in [4.78, 5) is 3.46. The van der Waals surface area contributed by atoms with Gasteiger partial charge in [0.2, 0.25) is 0 Å². The third kappa shape index (κ3) is 2.10. The lowest BCUT2D eigenvalue weighted by Gasteiger charge is -1.99. The second-order valence-electron chi connectivity index (χ2n) is 1.87. The van der Waals surface area contributed by atoms with Gasteiger partial charge < -0.3 is 0 Å². The first kappa shape index (κ1) is 10.2. The van der Waals surface area contributed by atoms with Crippen molar-refractivity contribution in [3.8, 4) is 0 Å². The molecule has 0 saturated heterocycles. The molecule has 12 heavy (non-hydrogen) atoms.